The summed E-state index contributed by atoms with van der Waals surface area (Å²) < 4.78 is 44.3. The number of halogens is 5. The van der Waals surface area contributed by atoms with E-state index in [1.54, 1.807) is 6.92 Å². The highest BCUT2D eigenvalue weighted by molar-refractivity contribution is 6.39. The Morgan fingerprint density at radius 1 is 1.10 bits per heavy atom. The molecule has 40 heavy (non-hydrogen) atoms. The number of carboxylic acid groups (broad SMARTS) is 1. The Morgan fingerprint density at radius 2 is 1.68 bits per heavy atom. The fraction of sp³-hybridized carbons (Fsp3) is 0.593. The molecule has 0 aromatic carbocycles. The Morgan fingerprint density at radius 3 is 2.15 bits per heavy atom. The van der Waals surface area contributed by atoms with Crippen molar-refractivity contribution < 1.29 is 32.7 Å². The Kier molecular flexibility index (Phi) is 8.05. The predicted octanol–water partition coefficient (Wildman–Crippen LogP) is 6.57. The van der Waals surface area contributed by atoms with Crippen LogP contribution in [0.2, 0.25) is 10.0 Å². The number of ketones is 1. The minimum absolute atomic E-state index is 0.0254. The van der Waals surface area contributed by atoms with E-state index in [0.29, 0.717) is 6.42 Å². The second-order valence-corrected chi connectivity index (χ2v) is 12.9. The van der Waals surface area contributed by atoms with Gasteiger partial charge in [0.05, 0.1) is 45.4 Å². The van der Waals surface area contributed by atoms with E-state index in [9.17, 15) is 32.7 Å². The van der Waals surface area contributed by atoms with Gasteiger partial charge in [0.1, 0.15) is 0 Å². The van der Waals surface area contributed by atoms with Crippen molar-refractivity contribution in [2.24, 2.45) is 16.7 Å². The first-order valence-electron chi connectivity index (χ1n) is 13.0. The molecule has 13 heteroatoms. The molecule has 1 amide bonds. The molecular formula is C27H31Cl2F3N4O4. The summed E-state index contributed by atoms with van der Waals surface area (Å²) in [6.45, 7) is 6.94. The molecule has 4 rings (SSSR count). The number of carboxylic acids is 1. The third-order valence-electron chi connectivity index (χ3n) is 8.19. The Balaban J connectivity index is 1.70. The molecule has 0 radical (unpaired) electrons. The summed E-state index contributed by atoms with van der Waals surface area (Å²) in [6.07, 6.45) is -0.363. The monoisotopic (exact) mass is 602 g/mol. The lowest BCUT2D eigenvalue weighted by Gasteiger charge is -2.34. The lowest BCUT2D eigenvalue weighted by atomic mass is 9.74. The first kappa shape index (κ1) is 30.3. The SMILES string of the molecule is CC1(C(=O)O)CCC(n2ncc(C(=O)N(CC(=O)c3c(Cl)cncc3Cl)[C@@H]3C[C@H]3C(C)(C)C)c2C(F)(F)F)CC1. The van der Waals surface area contributed by atoms with Crippen LogP contribution in [0.15, 0.2) is 18.6 Å². The number of aromatic nitrogens is 3. The van der Waals surface area contributed by atoms with Crippen LogP contribution in [0.3, 0.4) is 0 Å². The number of hydrogen-bond donors (Lipinski definition) is 1. The maximum atomic E-state index is 14.5. The molecule has 0 bridgehead atoms. The molecule has 0 spiro atoms. The zero-order valence-electron chi connectivity index (χ0n) is 22.6. The number of pyridine rings is 1. The molecule has 2 heterocycles. The van der Waals surface area contributed by atoms with Gasteiger partial charge in [0.15, 0.2) is 11.5 Å². The number of carbonyl (C=O) groups excluding carboxylic acids is 2. The van der Waals surface area contributed by atoms with E-state index in [2.05, 4.69) is 10.1 Å². The van der Waals surface area contributed by atoms with Crippen LogP contribution >= 0.6 is 23.2 Å². The summed E-state index contributed by atoms with van der Waals surface area (Å²) in [6, 6.07) is -1.19. The van der Waals surface area contributed by atoms with Crippen LogP contribution in [0.1, 0.15) is 92.3 Å². The van der Waals surface area contributed by atoms with Gasteiger partial charge >= 0.3 is 12.1 Å². The zero-order chi connectivity index (χ0) is 29.8. The third-order valence-corrected chi connectivity index (χ3v) is 8.76. The Labute approximate surface area is 239 Å². The van der Waals surface area contributed by atoms with Crippen molar-refractivity contribution in [1.29, 1.82) is 0 Å². The van der Waals surface area contributed by atoms with Crippen molar-refractivity contribution in [2.45, 2.75) is 78.1 Å². The summed E-state index contributed by atoms with van der Waals surface area (Å²) in [5, 5.41) is 13.4. The van der Waals surface area contributed by atoms with Crippen LogP contribution in [-0.2, 0) is 11.0 Å². The van der Waals surface area contributed by atoms with Crippen molar-refractivity contribution in [1.82, 2.24) is 19.7 Å². The first-order chi connectivity index (χ1) is 18.5. The van der Waals surface area contributed by atoms with Gasteiger partial charge in [-0.15, -0.1) is 0 Å². The maximum absolute atomic E-state index is 14.5. The lowest BCUT2D eigenvalue weighted by molar-refractivity contribution is -0.152. The van der Waals surface area contributed by atoms with Gasteiger partial charge < -0.3 is 10.0 Å². The maximum Gasteiger partial charge on any atom is 0.433 e. The molecule has 2 fully saturated rings. The van der Waals surface area contributed by atoms with Crippen molar-refractivity contribution in [3.05, 3.63) is 45.5 Å². The van der Waals surface area contributed by atoms with Crippen molar-refractivity contribution >= 4 is 40.9 Å². The molecule has 2 atom stereocenters. The van der Waals surface area contributed by atoms with Crippen LogP contribution in [0.25, 0.3) is 0 Å². The van der Waals surface area contributed by atoms with Gasteiger partial charge in [-0.3, -0.25) is 24.0 Å². The van der Waals surface area contributed by atoms with Gasteiger partial charge in [0.2, 0.25) is 0 Å². The highest BCUT2D eigenvalue weighted by atomic mass is 35.5. The van der Waals surface area contributed by atoms with E-state index >= 15 is 0 Å². The minimum atomic E-state index is -4.92. The number of aliphatic carboxylic acids is 1. The zero-order valence-corrected chi connectivity index (χ0v) is 24.1. The fourth-order valence-corrected chi connectivity index (χ4v) is 6.21. The van der Waals surface area contributed by atoms with Gasteiger partial charge in [-0.25, -0.2) is 0 Å². The van der Waals surface area contributed by atoms with Crippen molar-refractivity contribution in [3.8, 4) is 0 Å². The normalized spacial score (nSPS) is 25.0. The van der Waals surface area contributed by atoms with E-state index in [1.165, 1.54) is 17.3 Å². The number of nitrogens with zero attached hydrogens (tertiary/aromatic N) is 4. The van der Waals surface area contributed by atoms with Crippen LogP contribution < -0.4 is 0 Å². The number of rotatable bonds is 7. The predicted molar refractivity (Wildman–Crippen MR) is 141 cm³/mol. The molecule has 0 aliphatic heterocycles. The average molecular weight is 603 g/mol. The van der Waals surface area contributed by atoms with Crippen LogP contribution in [0, 0.1) is 16.7 Å². The molecule has 2 aliphatic carbocycles. The number of amides is 1. The van der Waals surface area contributed by atoms with Gasteiger partial charge in [-0.05, 0) is 50.4 Å². The summed E-state index contributed by atoms with van der Waals surface area (Å²) >= 11 is 12.3. The number of Topliss-reactive ketones (excluding diaryl/α,β-unsaturated/α-hetero) is 1. The summed E-state index contributed by atoms with van der Waals surface area (Å²) in [7, 11) is 0. The molecule has 2 aromatic rings. The molecule has 1 N–H and O–H groups in total. The van der Waals surface area contributed by atoms with Crippen LogP contribution in [0.4, 0.5) is 13.2 Å². The Hall–Kier alpha value is -2.66. The van der Waals surface area contributed by atoms with Crippen molar-refractivity contribution in [2.75, 3.05) is 6.54 Å². The molecule has 0 saturated heterocycles. The molecule has 2 aliphatic rings. The fourth-order valence-electron chi connectivity index (χ4n) is 5.64. The van der Waals surface area contributed by atoms with Gasteiger partial charge in [-0.2, -0.15) is 18.3 Å². The number of alkyl halides is 3. The smallest absolute Gasteiger partial charge is 0.433 e. The highest BCUT2D eigenvalue weighted by Gasteiger charge is 2.52. The summed E-state index contributed by atoms with van der Waals surface area (Å²) in [5.74, 6) is -2.61. The molecule has 0 unspecified atom stereocenters. The summed E-state index contributed by atoms with van der Waals surface area (Å²) in [5.41, 5.74) is -3.19. The number of carbonyl (C=O) groups is 3. The van der Waals surface area contributed by atoms with Gasteiger partial charge in [-0.1, -0.05) is 44.0 Å². The van der Waals surface area contributed by atoms with Gasteiger partial charge in [0.25, 0.3) is 5.91 Å². The highest BCUT2D eigenvalue weighted by Crippen LogP contribution is 2.49. The van der Waals surface area contributed by atoms with Gasteiger partial charge in [0, 0.05) is 18.4 Å². The summed E-state index contributed by atoms with van der Waals surface area (Å²) in [4.78, 5) is 43.7. The van der Waals surface area contributed by atoms with E-state index in [0.717, 1.165) is 10.9 Å². The largest absolute Gasteiger partial charge is 0.481 e. The lowest BCUT2D eigenvalue weighted by Crippen LogP contribution is -2.40. The van der Waals surface area contributed by atoms with Crippen molar-refractivity contribution in [3.63, 3.8) is 0 Å². The van der Waals surface area contributed by atoms with Crippen LogP contribution in [0.5, 0.6) is 0 Å². The average Bonchev–Trinajstić information content (AvgIpc) is 3.52. The first-order valence-corrected chi connectivity index (χ1v) is 13.7. The molecule has 218 valence electrons. The minimum Gasteiger partial charge on any atom is -0.481 e. The van der Waals surface area contributed by atoms with Crippen LogP contribution in [-0.4, -0.2) is 55.0 Å². The molecule has 8 nitrogen and oxygen atoms in total. The topological polar surface area (TPSA) is 105 Å². The standard InChI is InChI=1S/C27H31Cl2F3N4O4/c1-25(2,3)16-9-19(16)35(13-20(37)21-17(28)11-33-12-18(21)29)23(38)15-10-34-36(22(15)27(30,31)32)14-5-7-26(4,8-6-14)24(39)40/h10-12,14,16,19H,5-9,13H2,1-4H3,(H,39,40)/t14?,16-,19-,26?/m1/s1. The molecular weight excluding hydrogens is 572 g/mol. The molecule has 2 aromatic heterocycles. The van der Waals surface area contributed by atoms with E-state index in [1.807, 2.05) is 20.8 Å². The Bertz CT molecular complexity index is 1310. The van der Waals surface area contributed by atoms with E-state index < -0.39 is 59.1 Å². The molecule has 2 saturated carbocycles. The second kappa shape index (κ2) is 10.6. The van der Waals surface area contributed by atoms with E-state index in [-0.39, 0.29) is 52.6 Å². The quantitative estimate of drug-likeness (QED) is 0.359. The number of hydrogen-bond acceptors (Lipinski definition) is 5. The third kappa shape index (κ3) is 5.86. The second-order valence-electron chi connectivity index (χ2n) is 12.1. The van der Waals surface area contributed by atoms with E-state index in [4.69, 9.17) is 23.2 Å².